The number of carboxylic acid groups (broad SMARTS) is 1. The summed E-state index contributed by atoms with van der Waals surface area (Å²) in [6, 6.07) is 0. The third-order valence-electron chi connectivity index (χ3n) is 4.29. The highest BCUT2D eigenvalue weighted by Crippen LogP contribution is 2.09. The highest BCUT2D eigenvalue weighted by Gasteiger charge is 1.91. The average molecular weight is 370 g/mol. The minimum atomic E-state index is -0.833. The molecule has 3 nitrogen and oxygen atoms in total. The second-order valence-electron chi connectivity index (χ2n) is 7.21. The molecular weight excluding hydrogens is 322 g/mol. The Morgan fingerprint density at radius 1 is 0.692 bits per heavy atom. The molecule has 0 saturated heterocycles. The summed E-state index contributed by atoms with van der Waals surface area (Å²) in [5.74, 6) is -0.833. The van der Waals surface area contributed by atoms with Gasteiger partial charge in [-0.3, -0.25) is 4.79 Å². The van der Waals surface area contributed by atoms with Gasteiger partial charge in [-0.05, 0) is 51.6 Å². The van der Waals surface area contributed by atoms with E-state index >= 15 is 0 Å². The minimum Gasteiger partial charge on any atom is -0.481 e. The Labute approximate surface area is 164 Å². The fraction of sp³-hybridized carbons (Fsp3) is 0.870. The van der Waals surface area contributed by atoms with Crippen LogP contribution in [0.15, 0.2) is 12.2 Å². The summed E-state index contributed by atoms with van der Waals surface area (Å²) < 4.78 is 0. The Hall–Kier alpha value is -0.830. The number of aliphatic carboxylic acids is 1. The van der Waals surface area contributed by atoms with Crippen LogP contribution in [-0.4, -0.2) is 24.2 Å². The van der Waals surface area contributed by atoms with Crippen LogP contribution in [0.5, 0.6) is 0 Å². The van der Waals surface area contributed by atoms with Gasteiger partial charge in [-0.2, -0.15) is 0 Å². The van der Waals surface area contributed by atoms with Gasteiger partial charge < -0.3 is 10.4 Å². The predicted octanol–water partition coefficient (Wildman–Crippen LogP) is 7.11. The average Bonchev–Trinajstić information content (AvgIpc) is 2.60. The van der Waals surface area contributed by atoms with Crippen molar-refractivity contribution in [2.45, 2.75) is 117 Å². The molecule has 3 heteroatoms. The zero-order valence-electron chi connectivity index (χ0n) is 18.0. The monoisotopic (exact) mass is 369 g/mol. The Kier molecular flexibility index (Phi) is 27.8. The fourth-order valence-electron chi connectivity index (χ4n) is 2.80. The lowest BCUT2D eigenvalue weighted by molar-refractivity contribution is -0.134. The lowest BCUT2D eigenvalue weighted by Crippen LogP contribution is -2.15. The van der Waals surface area contributed by atoms with Crippen molar-refractivity contribution in [3.63, 3.8) is 0 Å². The zero-order chi connectivity index (χ0) is 19.7. The molecule has 0 aromatic rings. The number of allylic oxidation sites excluding steroid dienone is 2. The Balaban J connectivity index is 0. The molecule has 0 bridgehead atoms. The van der Waals surface area contributed by atoms with Crippen LogP contribution < -0.4 is 5.32 Å². The van der Waals surface area contributed by atoms with E-state index in [1.54, 1.807) is 0 Å². The number of hydrogen-bond acceptors (Lipinski definition) is 2. The van der Waals surface area contributed by atoms with Crippen LogP contribution in [0.1, 0.15) is 117 Å². The molecule has 0 aliphatic carbocycles. The molecule has 26 heavy (non-hydrogen) atoms. The number of carbonyl (C=O) groups is 1. The summed E-state index contributed by atoms with van der Waals surface area (Å²) in [7, 11) is 0. The van der Waals surface area contributed by atoms with Crippen molar-refractivity contribution in [2.75, 3.05) is 13.1 Å². The van der Waals surface area contributed by atoms with Crippen molar-refractivity contribution in [1.82, 2.24) is 5.32 Å². The standard InChI is InChI=1S/C21H43N.C2H4O2/c1-3-5-6-7-8-9-10-11-12-13-14-15-16-17-18-19-21-22-20-4-2;1-2(3)4/h11-12,22H,3-10,13-21H2,1-2H3;1H3,(H,3,4). The number of unbranched alkanes of at least 4 members (excludes halogenated alkanes) is 12. The normalized spacial score (nSPS) is 10.7. The first-order chi connectivity index (χ1) is 12.6. The quantitative estimate of drug-likeness (QED) is 0.200. The van der Waals surface area contributed by atoms with Gasteiger partial charge >= 0.3 is 0 Å². The molecule has 156 valence electrons. The van der Waals surface area contributed by atoms with Gasteiger partial charge in [0.1, 0.15) is 0 Å². The van der Waals surface area contributed by atoms with Gasteiger partial charge in [0.15, 0.2) is 0 Å². The Bertz CT molecular complexity index is 286. The molecule has 0 spiro atoms. The fourth-order valence-corrected chi connectivity index (χ4v) is 2.80. The molecule has 0 saturated carbocycles. The van der Waals surface area contributed by atoms with Crippen molar-refractivity contribution in [3.05, 3.63) is 12.2 Å². The van der Waals surface area contributed by atoms with E-state index in [0.29, 0.717) is 0 Å². The Morgan fingerprint density at radius 2 is 1.12 bits per heavy atom. The van der Waals surface area contributed by atoms with E-state index in [0.717, 1.165) is 6.92 Å². The molecule has 0 aliphatic rings. The van der Waals surface area contributed by atoms with Crippen LogP contribution in [0.4, 0.5) is 0 Å². The second kappa shape index (κ2) is 26.4. The van der Waals surface area contributed by atoms with E-state index in [9.17, 15) is 0 Å². The summed E-state index contributed by atoms with van der Waals surface area (Å²) in [6.45, 7) is 8.00. The molecule has 0 rings (SSSR count). The number of carboxylic acids is 1. The highest BCUT2D eigenvalue weighted by atomic mass is 16.4. The lowest BCUT2D eigenvalue weighted by Gasteiger charge is -2.03. The molecule has 0 heterocycles. The van der Waals surface area contributed by atoms with Gasteiger partial charge in [-0.15, -0.1) is 0 Å². The van der Waals surface area contributed by atoms with Crippen LogP contribution >= 0.6 is 0 Å². The summed E-state index contributed by atoms with van der Waals surface area (Å²) >= 11 is 0. The molecule has 0 atom stereocenters. The number of rotatable bonds is 18. The molecule has 0 radical (unpaired) electrons. The third-order valence-corrected chi connectivity index (χ3v) is 4.29. The van der Waals surface area contributed by atoms with Crippen molar-refractivity contribution in [1.29, 1.82) is 0 Å². The van der Waals surface area contributed by atoms with Gasteiger partial charge in [0.25, 0.3) is 5.97 Å². The molecule has 0 fully saturated rings. The molecule has 0 aromatic carbocycles. The van der Waals surface area contributed by atoms with Gasteiger partial charge in [0.2, 0.25) is 0 Å². The van der Waals surface area contributed by atoms with Crippen molar-refractivity contribution >= 4 is 5.97 Å². The maximum absolute atomic E-state index is 9.00. The van der Waals surface area contributed by atoms with Gasteiger partial charge in [-0.25, -0.2) is 0 Å². The number of hydrogen-bond donors (Lipinski definition) is 2. The van der Waals surface area contributed by atoms with E-state index < -0.39 is 5.97 Å². The predicted molar refractivity (Wildman–Crippen MR) is 116 cm³/mol. The smallest absolute Gasteiger partial charge is 0.300 e. The first kappa shape index (κ1) is 27.4. The van der Waals surface area contributed by atoms with E-state index in [4.69, 9.17) is 9.90 Å². The van der Waals surface area contributed by atoms with Crippen LogP contribution in [0.25, 0.3) is 0 Å². The molecule has 2 N–H and O–H groups in total. The van der Waals surface area contributed by atoms with E-state index in [2.05, 4.69) is 31.3 Å². The van der Waals surface area contributed by atoms with E-state index in [-0.39, 0.29) is 0 Å². The zero-order valence-corrected chi connectivity index (χ0v) is 18.0. The van der Waals surface area contributed by atoms with Crippen LogP contribution in [0.2, 0.25) is 0 Å². The molecular formula is C23H47NO2. The SMILES string of the molecule is CC(=O)O.CCCCCCCCC=CCCCCCCCCNCCC. The third kappa shape index (κ3) is 34.5. The van der Waals surface area contributed by atoms with Crippen molar-refractivity contribution in [2.24, 2.45) is 0 Å². The van der Waals surface area contributed by atoms with E-state index in [1.807, 2.05) is 0 Å². The van der Waals surface area contributed by atoms with Crippen LogP contribution in [0, 0.1) is 0 Å². The lowest BCUT2D eigenvalue weighted by atomic mass is 10.1. The first-order valence-corrected chi connectivity index (χ1v) is 11.2. The highest BCUT2D eigenvalue weighted by molar-refractivity contribution is 5.62. The second-order valence-corrected chi connectivity index (χ2v) is 7.21. The molecule has 0 amide bonds. The Morgan fingerprint density at radius 3 is 1.58 bits per heavy atom. The van der Waals surface area contributed by atoms with Crippen molar-refractivity contribution < 1.29 is 9.90 Å². The maximum Gasteiger partial charge on any atom is 0.300 e. The first-order valence-electron chi connectivity index (χ1n) is 11.2. The minimum absolute atomic E-state index is 0.833. The largest absolute Gasteiger partial charge is 0.481 e. The van der Waals surface area contributed by atoms with Gasteiger partial charge in [0.05, 0.1) is 0 Å². The molecule has 0 aromatic heterocycles. The number of nitrogens with one attached hydrogen (secondary N) is 1. The molecule has 0 unspecified atom stereocenters. The van der Waals surface area contributed by atoms with Gasteiger partial charge in [0, 0.05) is 6.92 Å². The van der Waals surface area contributed by atoms with Crippen molar-refractivity contribution in [3.8, 4) is 0 Å². The maximum atomic E-state index is 9.00. The topological polar surface area (TPSA) is 49.3 Å². The van der Waals surface area contributed by atoms with Crippen LogP contribution in [0.3, 0.4) is 0 Å². The summed E-state index contributed by atoms with van der Waals surface area (Å²) in [4.78, 5) is 9.00. The van der Waals surface area contributed by atoms with E-state index in [1.165, 1.54) is 109 Å². The summed E-state index contributed by atoms with van der Waals surface area (Å²) in [5.41, 5.74) is 0. The van der Waals surface area contributed by atoms with Gasteiger partial charge in [-0.1, -0.05) is 83.8 Å². The molecule has 0 aliphatic heterocycles. The summed E-state index contributed by atoms with van der Waals surface area (Å²) in [6.07, 6.45) is 25.6. The van der Waals surface area contributed by atoms with Crippen LogP contribution in [-0.2, 0) is 4.79 Å². The summed E-state index contributed by atoms with van der Waals surface area (Å²) in [5, 5.41) is 10.9.